The molecule has 0 heterocycles. The molecule has 18 heavy (non-hydrogen) atoms. The number of hydrogen-bond acceptors (Lipinski definition) is 0. The van der Waals surface area contributed by atoms with Crippen LogP contribution in [0, 0.1) is 5.18 Å². The van der Waals surface area contributed by atoms with Gasteiger partial charge in [0.2, 0.25) is 0 Å². The van der Waals surface area contributed by atoms with Crippen molar-refractivity contribution in [3.05, 3.63) is 41.5 Å². The van der Waals surface area contributed by atoms with Gasteiger partial charge in [-0.3, -0.25) is 0 Å². The first-order valence-electron chi connectivity index (χ1n) is 6.55. The third kappa shape index (κ3) is 4.68. The molecule has 0 aliphatic carbocycles. The summed E-state index contributed by atoms with van der Waals surface area (Å²) in [4.78, 5) is 0. The van der Waals surface area contributed by atoms with Gasteiger partial charge in [0.15, 0.2) is 0 Å². The van der Waals surface area contributed by atoms with E-state index in [9.17, 15) is 0 Å². The van der Waals surface area contributed by atoms with E-state index in [-0.39, 0.29) is 4.75 Å². The van der Waals surface area contributed by atoms with Gasteiger partial charge in [-0.05, 0) is 64.2 Å². The van der Waals surface area contributed by atoms with Crippen LogP contribution in [0.3, 0.4) is 0 Å². The van der Waals surface area contributed by atoms with Crippen molar-refractivity contribution < 1.29 is 0 Å². The smallest absolute Gasteiger partial charge is 0.0349 e. The predicted molar refractivity (Wildman–Crippen MR) is 85.3 cm³/mol. The summed E-state index contributed by atoms with van der Waals surface area (Å²) in [5, 5.41) is 3.19. The third-order valence-corrected chi connectivity index (χ3v) is 4.20. The molecule has 0 nitrogen and oxygen atoms in total. The molecule has 0 saturated heterocycles. The Bertz CT molecular complexity index is 467. The number of allylic oxidation sites excluding steroid dienone is 2. The summed E-state index contributed by atoms with van der Waals surface area (Å²) in [6.45, 7) is 10.8. The normalized spacial score (nSPS) is 12.2. The van der Waals surface area contributed by atoms with Gasteiger partial charge in [0.05, 0.1) is 0 Å². The summed E-state index contributed by atoms with van der Waals surface area (Å²) in [6.07, 6.45) is 4.47. The molecule has 0 radical (unpaired) electrons. The molecule has 1 aromatic rings. The molecule has 0 atom stereocenters. The molecule has 0 unspecified atom stereocenters. The minimum absolute atomic E-state index is 0.284. The molecule has 1 aromatic carbocycles. The van der Waals surface area contributed by atoms with Gasteiger partial charge in [0, 0.05) is 4.75 Å². The van der Waals surface area contributed by atoms with E-state index in [1.807, 2.05) is 6.92 Å². The zero-order valence-electron chi connectivity index (χ0n) is 12.2. The van der Waals surface area contributed by atoms with Crippen LogP contribution in [-0.4, -0.2) is 4.75 Å². The zero-order valence-corrected chi connectivity index (χ0v) is 13.0. The summed E-state index contributed by atoms with van der Waals surface area (Å²) in [7, 11) is 0. The monoisotopic (exact) mass is 260 g/mol. The van der Waals surface area contributed by atoms with Crippen molar-refractivity contribution in [3.63, 3.8) is 0 Å². The van der Waals surface area contributed by atoms with Crippen molar-refractivity contribution in [2.75, 3.05) is 0 Å². The molecule has 1 rings (SSSR count). The molecular weight excluding hydrogens is 236 g/mol. The van der Waals surface area contributed by atoms with E-state index >= 15 is 0 Å². The van der Waals surface area contributed by atoms with Crippen molar-refractivity contribution in [2.24, 2.45) is 0 Å². The molecule has 0 aromatic heterocycles. The SMILES string of the molecule is CC#SC(C)(C)CCc1ccc(/C(C)=C/C)cc1. The second kappa shape index (κ2) is 6.78. The van der Waals surface area contributed by atoms with Gasteiger partial charge in [-0.2, -0.15) is 0 Å². The van der Waals surface area contributed by atoms with E-state index in [2.05, 4.69) is 63.2 Å². The van der Waals surface area contributed by atoms with E-state index in [1.165, 1.54) is 23.1 Å². The first-order chi connectivity index (χ1) is 8.48. The lowest BCUT2D eigenvalue weighted by molar-refractivity contribution is 0.643. The molecule has 98 valence electrons. The summed E-state index contributed by atoms with van der Waals surface area (Å²) >= 11 is 1.81. The average molecular weight is 260 g/mol. The van der Waals surface area contributed by atoms with E-state index in [1.54, 1.807) is 11.2 Å². The maximum absolute atomic E-state index is 3.19. The summed E-state index contributed by atoms with van der Waals surface area (Å²) in [5.41, 5.74) is 4.09. The minimum Gasteiger partial charge on any atom is -0.129 e. The van der Waals surface area contributed by atoms with Crippen LogP contribution in [0.5, 0.6) is 0 Å². The van der Waals surface area contributed by atoms with Crippen molar-refractivity contribution in [2.45, 2.75) is 52.2 Å². The highest BCUT2D eigenvalue weighted by Gasteiger charge is 2.13. The third-order valence-electron chi connectivity index (χ3n) is 3.24. The topological polar surface area (TPSA) is 0 Å². The largest absolute Gasteiger partial charge is 0.129 e. The fourth-order valence-corrected chi connectivity index (χ4v) is 2.63. The van der Waals surface area contributed by atoms with E-state index in [0.717, 1.165) is 6.42 Å². The predicted octanol–water partition coefficient (Wildman–Crippen LogP) is 5.53. The van der Waals surface area contributed by atoms with E-state index in [4.69, 9.17) is 0 Å². The molecule has 0 saturated carbocycles. The second-order valence-corrected chi connectivity index (χ2v) is 6.95. The highest BCUT2D eigenvalue weighted by Crippen LogP contribution is 2.23. The molecule has 0 bridgehead atoms. The Morgan fingerprint density at radius 2 is 1.89 bits per heavy atom. The van der Waals surface area contributed by atoms with Crippen LogP contribution in [0.2, 0.25) is 0 Å². The Morgan fingerprint density at radius 1 is 1.28 bits per heavy atom. The first kappa shape index (κ1) is 15.0. The Balaban J connectivity index is 2.67. The summed E-state index contributed by atoms with van der Waals surface area (Å²) in [6, 6.07) is 8.96. The standard InChI is InChI=1S/C17H24S/c1-6-14(3)16-10-8-15(9-11-16)12-13-17(4,5)18-7-2/h6,8-11H,12-13H2,1-5H3/b14-6+. The molecule has 0 aliphatic heterocycles. The quantitative estimate of drug-likeness (QED) is 0.667. The number of aryl methyl sites for hydroxylation is 1. The van der Waals surface area contributed by atoms with Gasteiger partial charge in [-0.25, -0.2) is 0 Å². The number of hydrogen-bond donors (Lipinski definition) is 0. The first-order valence-corrected chi connectivity index (χ1v) is 7.37. The van der Waals surface area contributed by atoms with Crippen LogP contribution in [0.25, 0.3) is 5.57 Å². The van der Waals surface area contributed by atoms with Gasteiger partial charge in [0.25, 0.3) is 0 Å². The minimum atomic E-state index is 0.284. The Morgan fingerprint density at radius 3 is 2.39 bits per heavy atom. The van der Waals surface area contributed by atoms with Crippen LogP contribution in [0.15, 0.2) is 30.3 Å². The van der Waals surface area contributed by atoms with Gasteiger partial charge in [-0.15, -0.1) is 11.2 Å². The lowest BCUT2D eigenvalue weighted by Crippen LogP contribution is -2.12. The van der Waals surface area contributed by atoms with Crippen molar-refractivity contribution >= 4 is 16.7 Å². The summed E-state index contributed by atoms with van der Waals surface area (Å²) < 4.78 is 0.284. The fourth-order valence-electron chi connectivity index (χ4n) is 1.87. The average Bonchev–Trinajstić information content (AvgIpc) is 2.36. The molecular formula is C17H24S. The van der Waals surface area contributed by atoms with Gasteiger partial charge < -0.3 is 0 Å². The zero-order chi connectivity index (χ0) is 13.6. The van der Waals surface area contributed by atoms with Crippen LogP contribution in [-0.2, 0) is 6.42 Å². The highest BCUT2D eigenvalue weighted by atomic mass is 32.1. The van der Waals surface area contributed by atoms with E-state index in [0.29, 0.717) is 0 Å². The van der Waals surface area contributed by atoms with Gasteiger partial charge in [-0.1, -0.05) is 35.5 Å². The molecule has 0 N–H and O–H groups in total. The molecule has 0 spiro atoms. The van der Waals surface area contributed by atoms with Crippen molar-refractivity contribution in [1.82, 2.24) is 0 Å². The Kier molecular flexibility index (Phi) is 5.65. The van der Waals surface area contributed by atoms with Crippen molar-refractivity contribution in [3.8, 4) is 5.18 Å². The Hall–Kier alpha value is -1.04. The molecule has 0 fully saturated rings. The molecule has 0 aliphatic rings. The van der Waals surface area contributed by atoms with Gasteiger partial charge in [0.1, 0.15) is 0 Å². The number of rotatable bonds is 4. The van der Waals surface area contributed by atoms with Crippen LogP contribution in [0.4, 0.5) is 0 Å². The van der Waals surface area contributed by atoms with Crippen molar-refractivity contribution in [1.29, 1.82) is 0 Å². The van der Waals surface area contributed by atoms with Crippen LogP contribution in [0.1, 0.15) is 52.2 Å². The lowest BCUT2D eigenvalue weighted by atomic mass is 9.99. The molecule has 0 amide bonds. The fraction of sp³-hybridized carbons (Fsp3) is 0.471. The molecule has 1 heteroatoms. The number of benzene rings is 1. The van der Waals surface area contributed by atoms with Crippen LogP contribution < -0.4 is 0 Å². The van der Waals surface area contributed by atoms with E-state index < -0.39 is 0 Å². The summed E-state index contributed by atoms with van der Waals surface area (Å²) in [5.74, 6) is 0. The second-order valence-electron chi connectivity index (χ2n) is 5.23. The van der Waals surface area contributed by atoms with Crippen LogP contribution >= 0.6 is 11.2 Å². The lowest BCUT2D eigenvalue weighted by Gasteiger charge is -2.17. The maximum Gasteiger partial charge on any atom is 0.0349 e. The van der Waals surface area contributed by atoms with Gasteiger partial charge >= 0.3 is 0 Å². The maximum atomic E-state index is 3.19. The highest BCUT2D eigenvalue weighted by molar-refractivity contribution is 7.90. The Labute approximate surface area is 116 Å².